The van der Waals surface area contributed by atoms with Crippen molar-refractivity contribution in [3.63, 3.8) is 0 Å². The molecule has 4 aromatic rings. The molecule has 0 spiro atoms. The van der Waals surface area contributed by atoms with Gasteiger partial charge in [0.15, 0.2) is 0 Å². The van der Waals surface area contributed by atoms with Gasteiger partial charge in [0.25, 0.3) is 0 Å². The molecule has 0 bridgehead atoms. The van der Waals surface area contributed by atoms with Crippen molar-refractivity contribution in [3.8, 4) is 17.3 Å². The van der Waals surface area contributed by atoms with E-state index in [-0.39, 0.29) is 22.8 Å². The molecular formula is C21H15F2N7. The van der Waals surface area contributed by atoms with Crippen LogP contribution in [0.25, 0.3) is 22.3 Å². The van der Waals surface area contributed by atoms with Crippen molar-refractivity contribution in [1.29, 1.82) is 5.26 Å². The lowest BCUT2D eigenvalue weighted by molar-refractivity contribution is 0.584. The topological polar surface area (TPSA) is 113 Å². The van der Waals surface area contributed by atoms with E-state index in [1.54, 1.807) is 24.4 Å². The number of pyridine rings is 2. The first-order chi connectivity index (χ1) is 14.5. The first-order valence-corrected chi connectivity index (χ1v) is 8.95. The molecule has 3 aromatic heterocycles. The zero-order valence-electron chi connectivity index (χ0n) is 15.8. The second-order valence-electron chi connectivity index (χ2n) is 6.59. The molecule has 0 fully saturated rings. The molecule has 9 heteroatoms. The number of benzene rings is 1. The third-order valence-electron chi connectivity index (χ3n) is 4.56. The summed E-state index contributed by atoms with van der Waals surface area (Å²) in [5.41, 5.74) is 8.34. The molecule has 0 amide bonds. The van der Waals surface area contributed by atoms with Crippen LogP contribution in [-0.2, 0) is 0 Å². The zero-order valence-corrected chi connectivity index (χ0v) is 15.8. The highest BCUT2D eigenvalue weighted by atomic mass is 19.1. The molecule has 30 heavy (non-hydrogen) atoms. The summed E-state index contributed by atoms with van der Waals surface area (Å²) in [6.07, 6.45) is 2.88. The molecule has 0 radical (unpaired) electrons. The summed E-state index contributed by atoms with van der Waals surface area (Å²) in [5, 5.41) is 12.5. The van der Waals surface area contributed by atoms with Crippen molar-refractivity contribution >= 4 is 22.7 Å². The smallest absolute Gasteiger partial charge is 0.150 e. The van der Waals surface area contributed by atoms with Gasteiger partial charge >= 0.3 is 0 Å². The molecule has 3 N–H and O–H groups in total. The predicted octanol–water partition coefficient (Wildman–Crippen LogP) is 3.99. The van der Waals surface area contributed by atoms with Crippen LogP contribution >= 0.6 is 0 Å². The van der Waals surface area contributed by atoms with E-state index in [1.807, 2.05) is 13.0 Å². The van der Waals surface area contributed by atoms with Crippen LogP contribution in [0.1, 0.15) is 24.1 Å². The van der Waals surface area contributed by atoms with Crippen LogP contribution in [0.4, 0.5) is 20.4 Å². The predicted molar refractivity (Wildman–Crippen MR) is 108 cm³/mol. The number of halogens is 2. The fourth-order valence-electron chi connectivity index (χ4n) is 3.17. The van der Waals surface area contributed by atoms with Crippen LogP contribution in [0.3, 0.4) is 0 Å². The lowest BCUT2D eigenvalue weighted by Crippen LogP contribution is -2.13. The Balaban J connectivity index is 1.87. The molecule has 1 aromatic carbocycles. The number of nitrogen functional groups attached to an aromatic ring is 1. The molecule has 148 valence electrons. The third kappa shape index (κ3) is 3.58. The minimum absolute atomic E-state index is 0.0490. The maximum Gasteiger partial charge on any atom is 0.150 e. The van der Waals surface area contributed by atoms with Crippen LogP contribution in [0, 0.1) is 23.0 Å². The van der Waals surface area contributed by atoms with Gasteiger partial charge in [-0.2, -0.15) is 5.26 Å². The van der Waals surface area contributed by atoms with E-state index in [0.29, 0.717) is 22.3 Å². The maximum absolute atomic E-state index is 13.9. The monoisotopic (exact) mass is 403 g/mol. The molecule has 0 aliphatic carbocycles. The summed E-state index contributed by atoms with van der Waals surface area (Å²) in [4.78, 5) is 16.8. The average molecular weight is 403 g/mol. The molecule has 0 saturated carbocycles. The second kappa shape index (κ2) is 7.67. The highest BCUT2D eigenvalue weighted by Crippen LogP contribution is 2.32. The van der Waals surface area contributed by atoms with E-state index in [0.717, 1.165) is 6.07 Å². The minimum atomic E-state index is -0.708. The van der Waals surface area contributed by atoms with Crippen LogP contribution in [0.2, 0.25) is 0 Å². The van der Waals surface area contributed by atoms with Gasteiger partial charge in [-0.1, -0.05) is 0 Å². The average Bonchev–Trinajstić information content (AvgIpc) is 2.72. The Morgan fingerprint density at radius 2 is 1.83 bits per heavy atom. The molecular weight excluding hydrogens is 388 g/mol. The molecule has 0 aliphatic rings. The first kappa shape index (κ1) is 19.1. The summed E-state index contributed by atoms with van der Waals surface area (Å²) < 4.78 is 27.8. The molecule has 4 rings (SSSR count). The maximum atomic E-state index is 13.9. The van der Waals surface area contributed by atoms with E-state index < -0.39 is 17.7 Å². The van der Waals surface area contributed by atoms with E-state index in [1.165, 1.54) is 18.5 Å². The van der Waals surface area contributed by atoms with Gasteiger partial charge in [0.2, 0.25) is 0 Å². The van der Waals surface area contributed by atoms with Crippen molar-refractivity contribution in [3.05, 3.63) is 71.7 Å². The Kier molecular flexibility index (Phi) is 4.90. The Bertz CT molecular complexity index is 1280. The molecule has 0 saturated heterocycles. The van der Waals surface area contributed by atoms with Gasteiger partial charge in [0, 0.05) is 23.4 Å². The SMILES string of the molecule is CC(Nc1ncnc(N)c1C#N)c1cc2ncccc2nc1-c1cc(F)cc(F)c1. The number of nitriles is 1. The van der Waals surface area contributed by atoms with E-state index in [2.05, 4.69) is 25.3 Å². The fraction of sp³-hybridized carbons (Fsp3) is 0.0952. The van der Waals surface area contributed by atoms with Crippen molar-refractivity contribution in [1.82, 2.24) is 19.9 Å². The molecule has 1 atom stereocenters. The zero-order chi connectivity index (χ0) is 21.3. The Labute approximate surface area is 170 Å². The van der Waals surface area contributed by atoms with Gasteiger partial charge in [-0.15, -0.1) is 0 Å². The largest absolute Gasteiger partial charge is 0.382 e. The Hall–Kier alpha value is -4.19. The number of aromatic nitrogens is 4. The second-order valence-corrected chi connectivity index (χ2v) is 6.59. The fourth-order valence-corrected chi connectivity index (χ4v) is 3.17. The number of anilines is 2. The van der Waals surface area contributed by atoms with Crippen molar-refractivity contribution in [2.24, 2.45) is 0 Å². The van der Waals surface area contributed by atoms with Crippen LogP contribution in [0.5, 0.6) is 0 Å². The first-order valence-electron chi connectivity index (χ1n) is 8.95. The lowest BCUT2D eigenvalue weighted by atomic mass is 9.99. The number of rotatable bonds is 4. The summed E-state index contributed by atoms with van der Waals surface area (Å²) >= 11 is 0. The Morgan fingerprint density at radius 1 is 1.07 bits per heavy atom. The normalized spacial score (nSPS) is 11.8. The highest BCUT2D eigenvalue weighted by Gasteiger charge is 2.19. The van der Waals surface area contributed by atoms with Gasteiger partial charge in [0.05, 0.1) is 22.8 Å². The van der Waals surface area contributed by atoms with Crippen molar-refractivity contribution in [2.45, 2.75) is 13.0 Å². The van der Waals surface area contributed by atoms with Gasteiger partial charge in [-0.05, 0) is 37.3 Å². The van der Waals surface area contributed by atoms with Crippen LogP contribution < -0.4 is 11.1 Å². The Morgan fingerprint density at radius 3 is 2.57 bits per heavy atom. The number of hydrogen-bond donors (Lipinski definition) is 2. The number of nitrogens with zero attached hydrogens (tertiary/aromatic N) is 5. The summed E-state index contributed by atoms with van der Waals surface area (Å²) in [5.74, 6) is -1.12. The molecule has 1 unspecified atom stereocenters. The summed E-state index contributed by atoms with van der Waals surface area (Å²) in [6.45, 7) is 1.81. The number of fused-ring (bicyclic) bond motifs is 1. The number of nitrogens with two attached hydrogens (primary N) is 1. The molecule has 3 heterocycles. The molecule has 7 nitrogen and oxygen atoms in total. The van der Waals surface area contributed by atoms with E-state index in [4.69, 9.17) is 5.73 Å². The number of hydrogen-bond acceptors (Lipinski definition) is 7. The van der Waals surface area contributed by atoms with Crippen molar-refractivity contribution < 1.29 is 8.78 Å². The quantitative estimate of drug-likeness (QED) is 0.529. The lowest BCUT2D eigenvalue weighted by Gasteiger charge is -2.19. The van der Waals surface area contributed by atoms with Gasteiger partial charge in [-0.3, -0.25) is 4.98 Å². The highest BCUT2D eigenvalue weighted by molar-refractivity contribution is 5.80. The summed E-state index contributed by atoms with van der Waals surface area (Å²) in [6, 6.07) is 10.0. The standard InChI is InChI=1S/C21H15F2N7/c1-11(29-21-16(9-24)20(25)27-10-28-21)15-8-18-17(3-2-4-26-18)30-19(15)12-5-13(22)7-14(23)6-12/h2-8,10-11H,1H3,(H3,25,27,28,29). The van der Waals surface area contributed by atoms with Crippen molar-refractivity contribution in [2.75, 3.05) is 11.1 Å². The number of nitrogens with one attached hydrogen (secondary N) is 1. The van der Waals surface area contributed by atoms with Crippen LogP contribution in [0.15, 0.2) is 48.9 Å². The van der Waals surface area contributed by atoms with Gasteiger partial charge in [0.1, 0.15) is 41.2 Å². The van der Waals surface area contributed by atoms with Crippen LogP contribution in [-0.4, -0.2) is 19.9 Å². The third-order valence-corrected chi connectivity index (χ3v) is 4.56. The van der Waals surface area contributed by atoms with E-state index in [9.17, 15) is 14.0 Å². The summed E-state index contributed by atoms with van der Waals surface area (Å²) in [7, 11) is 0. The van der Waals surface area contributed by atoms with Gasteiger partial charge < -0.3 is 11.1 Å². The molecule has 0 aliphatic heterocycles. The van der Waals surface area contributed by atoms with Gasteiger partial charge in [-0.25, -0.2) is 23.7 Å². The minimum Gasteiger partial charge on any atom is -0.382 e. The van der Waals surface area contributed by atoms with E-state index >= 15 is 0 Å².